The van der Waals surface area contributed by atoms with Crippen molar-refractivity contribution in [3.63, 3.8) is 0 Å². The first kappa shape index (κ1) is 26.5. The number of benzene rings is 8. The molecule has 8 aromatic carbocycles. The van der Waals surface area contributed by atoms with Crippen LogP contribution >= 0.6 is 0 Å². The van der Waals surface area contributed by atoms with Gasteiger partial charge in [-0.15, -0.1) is 0 Å². The number of rotatable bonds is 3. The van der Waals surface area contributed by atoms with Gasteiger partial charge >= 0.3 is 0 Å². The van der Waals surface area contributed by atoms with Crippen LogP contribution in [0.3, 0.4) is 0 Å². The van der Waals surface area contributed by atoms with Gasteiger partial charge in [0.1, 0.15) is 0 Å². The average Bonchev–Trinajstić information content (AvgIpc) is 3.80. The average molecular weight is 624 g/mol. The molecule has 0 fully saturated rings. The smallest absolute Gasteiger partial charge is 0.0542 e. The van der Waals surface area contributed by atoms with Gasteiger partial charge in [0.2, 0.25) is 0 Å². The molecule has 0 aliphatic rings. The summed E-state index contributed by atoms with van der Waals surface area (Å²) in [4.78, 5) is 0. The Morgan fingerprint density at radius 3 is 1.08 bits per heavy atom. The van der Waals surface area contributed by atoms with Gasteiger partial charge < -0.3 is 13.7 Å². The molecule has 0 atom stereocenters. The summed E-state index contributed by atoms with van der Waals surface area (Å²) in [5, 5.41) is 10.0. The Bertz CT molecular complexity index is 2830. The molecule has 0 saturated heterocycles. The van der Waals surface area contributed by atoms with Crippen LogP contribution in [0.1, 0.15) is 0 Å². The highest BCUT2D eigenvalue weighted by Gasteiger charge is 2.19. The van der Waals surface area contributed by atoms with Gasteiger partial charge in [0.15, 0.2) is 0 Å². The molecule has 0 saturated carbocycles. The highest BCUT2D eigenvalue weighted by molar-refractivity contribution is 6.14. The molecule has 11 rings (SSSR count). The quantitative estimate of drug-likeness (QED) is 0.186. The minimum absolute atomic E-state index is 1.16. The predicted octanol–water partition coefficient (Wildman–Crippen LogP) is 12.1. The van der Waals surface area contributed by atoms with Gasteiger partial charge in [0.25, 0.3) is 0 Å². The molecule has 49 heavy (non-hydrogen) atoms. The van der Waals surface area contributed by atoms with Crippen molar-refractivity contribution in [3.8, 4) is 17.1 Å². The summed E-state index contributed by atoms with van der Waals surface area (Å²) >= 11 is 0. The highest BCUT2D eigenvalue weighted by atomic mass is 15.0. The lowest BCUT2D eigenvalue weighted by atomic mass is 10.1. The zero-order valence-corrected chi connectivity index (χ0v) is 26.6. The van der Waals surface area contributed by atoms with Crippen LogP contribution in [0.5, 0.6) is 0 Å². The van der Waals surface area contributed by atoms with Crippen molar-refractivity contribution < 1.29 is 0 Å². The summed E-state index contributed by atoms with van der Waals surface area (Å²) in [6, 6.07) is 64.3. The van der Waals surface area contributed by atoms with Crippen LogP contribution in [-0.2, 0) is 0 Å². The van der Waals surface area contributed by atoms with E-state index in [0.29, 0.717) is 0 Å². The number of hydrogen-bond acceptors (Lipinski definition) is 0. The fourth-order valence-corrected chi connectivity index (χ4v) is 8.34. The molecule has 0 radical (unpaired) electrons. The van der Waals surface area contributed by atoms with E-state index in [-0.39, 0.29) is 0 Å². The zero-order chi connectivity index (χ0) is 32.1. The second-order valence-electron chi connectivity index (χ2n) is 13.0. The first-order valence-electron chi connectivity index (χ1n) is 16.9. The fraction of sp³-hybridized carbons (Fsp3) is 0. The van der Waals surface area contributed by atoms with Gasteiger partial charge in [-0.3, -0.25) is 0 Å². The lowest BCUT2D eigenvalue weighted by Gasteiger charge is -2.13. The van der Waals surface area contributed by atoms with Gasteiger partial charge in [-0.25, -0.2) is 0 Å². The number of fused-ring (bicyclic) bond motifs is 10. The van der Waals surface area contributed by atoms with E-state index in [4.69, 9.17) is 0 Å². The zero-order valence-electron chi connectivity index (χ0n) is 26.6. The van der Waals surface area contributed by atoms with Crippen LogP contribution in [0, 0.1) is 0 Å². The van der Waals surface area contributed by atoms with Crippen LogP contribution in [-0.4, -0.2) is 13.7 Å². The van der Waals surface area contributed by atoms with E-state index in [2.05, 4.69) is 190 Å². The second kappa shape index (κ2) is 9.96. The highest BCUT2D eigenvalue weighted by Crippen LogP contribution is 2.40. The SMILES string of the molecule is c1ccc2c(-n3c4ccc(-n5c6ccccc6c6ccccc65)cc4c4cc(-n5c6ccccc6c6ccccc65)ccc43)cccc2c1. The molecule has 3 nitrogen and oxygen atoms in total. The molecule has 3 aromatic heterocycles. The van der Waals surface area contributed by atoms with Crippen molar-refractivity contribution in [3.05, 3.63) is 176 Å². The Morgan fingerprint density at radius 1 is 0.245 bits per heavy atom. The summed E-state index contributed by atoms with van der Waals surface area (Å²) in [5.41, 5.74) is 10.7. The number of aromatic nitrogens is 3. The Labute approximate surface area is 282 Å². The monoisotopic (exact) mass is 623 g/mol. The van der Waals surface area contributed by atoms with Crippen molar-refractivity contribution in [2.24, 2.45) is 0 Å². The van der Waals surface area contributed by atoms with Gasteiger partial charge in [0, 0.05) is 49.1 Å². The van der Waals surface area contributed by atoms with E-state index in [0.717, 1.165) is 11.4 Å². The largest absolute Gasteiger partial charge is 0.309 e. The van der Waals surface area contributed by atoms with Crippen LogP contribution < -0.4 is 0 Å². The van der Waals surface area contributed by atoms with Crippen molar-refractivity contribution in [1.29, 1.82) is 0 Å². The Kier molecular flexibility index (Phi) is 5.38. The van der Waals surface area contributed by atoms with E-state index in [1.54, 1.807) is 0 Å². The summed E-state index contributed by atoms with van der Waals surface area (Å²) in [7, 11) is 0. The Balaban J connectivity index is 1.26. The summed E-state index contributed by atoms with van der Waals surface area (Å²) < 4.78 is 7.29. The van der Waals surface area contributed by atoms with Crippen molar-refractivity contribution >= 4 is 76.2 Å². The maximum Gasteiger partial charge on any atom is 0.0542 e. The van der Waals surface area contributed by atoms with Crippen LogP contribution in [0.25, 0.3) is 93.3 Å². The van der Waals surface area contributed by atoms with Gasteiger partial charge in [-0.1, -0.05) is 109 Å². The van der Waals surface area contributed by atoms with Crippen molar-refractivity contribution in [1.82, 2.24) is 13.7 Å². The number of hydrogen-bond donors (Lipinski definition) is 0. The first-order valence-corrected chi connectivity index (χ1v) is 16.9. The van der Waals surface area contributed by atoms with Crippen LogP contribution in [0.4, 0.5) is 0 Å². The Hall–Kier alpha value is -6.58. The molecule has 0 unspecified atom stereocenters. The Morgan fingerprint density at radius 2 is 0.612 bits per heavy atom. The lowest BCUT2D eigenvalue weighted by molar-refractivity contribution is 1.17. The topological polar surface area (TPSA) is 14.8 Å². The minimum Gasteiger partial charge on any atom is -0.309 e. The first-order chi connectivity index (χ1) is 24.3. The van der Waals surface area contributed by atoms with Gasteiger partial charge in [0.05, 0.1) is 38.8 Å². The van der Waals surface area contributed by atoms with E-state index in [1.165, 1.54) is 81.9 Å². The van der Waals surface area contributed by atoms with E-state index in [1.807, 2.05) is 0 Å². The van der Waals surface area contributed by atoms with Crippen molar-refractivity contribution in [2.45, 2.75) is 0 Å². The number of para-hydroxylation sites is 4. The molecule has 3 heterocycles. The molecule has 0 aliphatic carbocycles. The van der Waals surface area contributed by atoms with Crippen molar-refractivity contribution in [2.75, 3.05) is 0 Å². The second-order valence-corrected chi connectivity index (χ2v) is 13.0. The molecule has 3 heteroatoms. The van der Waals surface area contributed by atoms with Gasteiger partial charge in [-0.05, 0) is 72.1 Å². The van der Waals surface area contributed by atoms with Crippen LogP contribution in [0.2, 0.25) is 0 Å². The molecule has 0 bridgehead atoms. The van der Waals surface area contributed by atoms with Crippen LogP contribution in [0.15, 0.2) is 176 Å². The molecule has 0 spiro atoms. The molecule has 0 N–H and O–H groups in total. The van der Waals surface area contributed by atoms with E-state index >= 15 is 0 Å². The third-order valence-corrected chi connectivity index (χ3v) is 10.4. The lowest BCUT2D eigenvalue weighted by Crippen LogP contribution is -1.97. The summed E-state index contributed by atoms with van der Waals surface area (Å²) in [5.74, 6) is 0. The normalized spacial score (nSPS) is 12.1. The fourth-order valence-electron chi connectivity index (χ4n) is 8.34. The molecule has 11 aromatic rings. The molecule has 0 amide bonds. The maximum absolute atomic E-state index is 2.46. The molecular weight excluding hydrogens is 595 g/mol. The molecular formula is C46H29N3. The standard InChI is InChI=1S/C46H29N3/c1-2-14-33-30(12-1)13-11-23-40(33)49-45-26-24-31(47-41-19-7-3-15-34(41)35-16-4-8-20-42(35)47)28-38(45)39-29-32(25-27-46(39)49)48-43-21-9-5-17-36(43)37-18-6-10-22-44(37)48/h1-29H. The third-order valence-electron chi connectivity index (χ3n) is 10.4. The third kappa shape index (κ3) is 3.67. The molecule has 228 valence electrons. The minimum atomic E-state index is 1.16. The maximum atomic E-state index is 2.46. The van der Waals surface area contributed by atoms with E-state index < -0.39 is 0 Å². The predicted molar refractivity (Wildman–Crippen MR) is 207 cm³/mol. The molecule has 0 aliphatic heterocycles. The number of nitrogens with zero attached hydrogens (tertiary/aromatic N) is 3. The van der Waals surface area contributed by atoms with Gasteiger partial charge in [-0.2, -0.15) is 0 Å². The summed E-state index contributed by atoms with van der Waals surface area (Å²) in [6.07, 6.45) is 0. The van der Waals surface area contributed by atoms with E-state index in [9.17, 15) is 0 Å². The summed E-state index contributed by atoms with van der Waals surface area (Å²) in [6.45, 7) is 0.